The highest BCUT2D eigenvalue weighted by Crippen LogP contribution is 2.49. The van der Waals surface area contributed by atoms with Crippen LogP contribution in [-0.2, 0) is 0 Å². The largest absolute Gasteiger partial charge is 0.393 e. The molecule has 62 valence electrons. The molecule has 1 nitrogen and oxygen atoms in total. The minimum absolute atomic E-state index is 0.0440. The zero-order chi connectivity index (χ0) is 7.90. The minimum Gasteiger partial charge on any atom is -0.393 e. The Bertz CT molecular complexity index is 185. The molecule has 3 atom stereocenters. The van der Waals surface area contributed by atoms with Gasteiger partial charge in [-0.3, -0.25) is 0 Å². The standard InChI is InChI=1S/C10H16O/c1-10-7-3-2-4-8(10)5-6-9(10)11/h2,4,8-9,11H,3,5-7H2,1H3/t8-,9?,10+/m1/s1. The Balaban J connectivity index is 2.26. The molecule has 1 heteroatoms. The van der Waals surface area contributed by atoms with E-state index < -0.39 is 0 Å². The molecule has 1 fully saturated rings. The van der Waals surface area contributed by atoms with Gasteiger partial charge in [0.1, 0.15) is 0 Å². The molecule has 1 saturated carbocycles. The smallest absolute Gasteiger partial charge is 0.0599 e. The van der Waals surface area contributed by atoms with E-state index >= 15 is 0 Å². The number of hydrogen-bond acceptors (Lipinski definition) is 1. The molecule has 0 aromatic carbocycles. The molecule has 1 unspecified atom stereocenters. The Morgan fingerprint density at radius 1 is 1.45 bits per heavy atom. The van der Waals surface area contributed by atoms with Crippen LogP contribution in [0, 0.1) is 11.3 Å². The Labute approximate surface area is 68.1 Å². The maximum absolute atomic E-state index is 9.75. The van der Waals surface area contributed by atoms with Gasteiger partial charge in [-0.05, 0) is 31.6 Å². The first-order valence-corrected chi connectivity index (χ1v) is 4.58. The molecule has 1 N–H and O–H groups in total. The van der Waals surface area contributed by atoms with E-state index in [4.69, 9.17) is 0 Å². The number of rotatable bonds is 0. The fourth-order valence-electron chi connectivity index (χ4n) is 2.57. The molecular formula is C10H16O. The summed E-state index contributed by atoms with van der Waals surface area (Å²) in [5.41, 5.74) is 0.217. The number of allylic oxidation sites excluding steroid dienone is 2. The number of hydrogen-bond donors (Lipinski definition) is 1. The maximum atomic E-state index is 9.75. The highest BCUT2D eigenvalue weighted by molar-refractivity contribution is 5.08. The first-order chi connectivity index (χ1) is 5.23. The molecule has 0 heterocycles. The number of aliphatic hydroxyl groups excluding tert-OH is 1. The second-order valence-electron chi connectivity index (χ2n) is 4.17. The Kier molecular flexibility index (Phi) is 1.57. The lowest BCUT2D eigenvalue weighted by Gasteiger charge is -2.35. The summed E-state index contributed by atoms with van der Waals surface area (Å²) in [5.74, 6) is 0.659. The average molecular weight is 152 g/mol. The molecule has 0 saturated heterocycles. The predicted octanol–water partition coefficient (Wildman–Crippen LogP) is 2.11. The van der Waals surface area contributed by atoms with Crippen LogP contribution in [0.4, 0.5) is 0 Å². The Hall–Kier alpha value is -0.300. The highest BCUT2D eigenvalue weighted by Gasteiger charge is 2.44. The van der Waals surface area contributed by atoms with Crippen LogP contribution in [0.1, 0.15) is 32.6 Å². The van der Waals surface area contributed by atoms with Gasteiger partial charge in [0.05, 0.1) is 6.10 Å². The van der Waals surface area contributed by atoms with Crippen LogP contribution in [-0.4, -0.2) is 11.2 Å². The first-order valence-electron chi connectivity index (χ1n) is 4.58. The summed E-state index contributed by atoms with van der Waals surface area (Å²) in [6.07, 6.45) is 9.06. The molecular weight excluding hydrogens is 136 g/mol. The summed E-state index contributed by atoms with van der Waals surface area (Å²) in [7, 11) is 0. The van der Waals surface area contributed by atoms with Crippen molar-refractivity contribution in [2.75, 3.05) is 0 Å². The van der Waals surface area contributed by atoms with Gasteiger partial charge in [-0.25, -0.2) is 0 Å². The van der Waals surface area contributed by atoms with Crippen molar-refractivity contribution in [2.24, 2.45) is 11.3 Å². The third kappa shape index (κ3) is 0.943. The molecule has 2 rings (SSSR count). The quantitative estimate of drug-likeness (QED) is 0.527. The average Bonchev–Trinajstić information content (AvgIpc) is 2.29. The van der Waals surface area contributed by atoms with Gasteiger partial charge in [-0.2, -0.15) is 0 Å². The van der Waals surface area contributed by atoms with Gasteiger partial charge < -0.3 is 5.11 Å². The van der Waals surface area contributed by atoms with Crippen molar-refractivity contribution < 1.29 is 5.11 Å². The SMILES string of the molecule is C[C@]12CCC=C[C@@H]1CCC2O. The molecule has 0 radical (unpaired) electrons. The van der Waals surface area contributed by atoms with Gasteiger partial charge in [-0.1, -0.05) is 19.1 Å². The minimum atomic E-state index is -0.0440. The second-order valence-corrected chi connectivity index (χ2v) is 4.17. The Morgan fingerprint density at radius 2 is 2.27 bits per heavy atom. The third-order valence-electron chi connectivity index (χ3n) is 3.58. The molecule has 0 spiro atoms. The lowest BCUT2D eigenvalue weighted by molar-refractivity contribution is 0.0409. The molecule has 0 aromatic rings. The summed E-state index contributed by atoms with van der Waals surface area (Å²) in [6, 6.07) is 0. The molecule has 2 aliphatic rings. The zero-order valence-corrected chi connectivity index (χ0v) is 7.09. The van der Waals surface area contributed by atoms with E-state index in [1.54, 1.807) is 0 Å². The van der Waals surface area contributed by atoms with Crippen LogP contribution >= 0.6 is 0 Å². The van der Waals surface area contributed by atoms with E-state index in [2.05, 4.69) is 19.1 Å². The monoisotopic (exact) mass is 152 g/mol. The van der Waals surface area contributed by atoms with Gasteiger partial charge >= 0.3 is 0 Å². The lowest BCUT2D eigenvalue weighted by Crippen LogP contribution is -2.33. The van der Waals surface area contributed by atoms with Gasteiger partial charge in [0.15, 0.2) is 0 Å². The van der Waals surface area contributed by atoms with Crippen molar-refractivity contribution in [3.05, 3.63) is 12.2 Å². The van der Waals surface area contributed by atoms with Crippen LogP contribution in [0.2, 0.25) is 0 Å². The molecule has 0 bridgehead atoms. The van der Waals surface area contributed by atoms with Gasteiger partial charge in [-0.15, -0.1) is 0 Å². The molecule has 2 aliphatic carbocycles. The van der Waals surface area contributed by atoms with Gasteiger partial charge in [0.25, 0.3) is 0 Å². The molecule has 0 amide bonds. The molecule has 11 heavy (non-hydrogen) atoms. The van der Waals surface area contributed by atoms with E-state index in [0.717, 1.165) is 12.8 Å². The van der Waals surface area contributed by atoms with Crippen molar-refractivity contribution in [2.45, 2.75) is 38.7 Å². The van der Waals surface area contributed by atoms with E-state index in [9.17, 15) is 5.11 Å². The van der Waals surface area contributed by atoms with Gasteiger partial charge in [0, 0.05) is 5.41 Å². The third-order valence-corrected chi connectivity index (χ3v) is 3.58. The highest BCUT2D eigenvalue weighted by atomic mass is 16.3. The van der Waals surface area contributed by atoms with Crippen LogP contribution in [0.3, 0.4) is 0 Å². The van der Waals surface area contributed by atoms with Crippen LogP contribution in [0.5, 0.6) is 0 Å². The Morgan fingerprint density at radius 3 is 3.00 bits per heavy atom. The number of aliphatic hydroxyl groups is 1. The number of fused-ring (bicyclic) bond motifs is 1. The summed E-state index contributed by atoms with van der Waals surface area (Å²) in [4.78, 5) is 0. The summed E-state index contributed by atoms with van der Waals surface area (Å²) in [6.45, 7) is 2.23. The van der Waals surface area contributed by atoms with E-state index in [0.29, 0.717) is 5.92 Å². The predicted molar refractivity (Wildman–Crippen MR) is 45.2 cm³/mol. The van der Waals surface area contributed by atoms with Crippen molar-refractivity contribution in [3.8, 4) is 0 Å². The van der Waals surface area contributed by atoms with Crippen LogP contribution in [0.25, 0.3) is 0 Å². The van der Waals surface area contributed by atoms with Crippen molar-refractivity contribution in [1.82, 2.24) is 0 Å². The van der Waals surface area contributed by atoms with Crippen molar-refractivity contribution in [3.63, 3.8) is 0 Å². The fraction of sp³-hybridized carbons (Fsp3) is 0.800. The fourth-order valence-corrected chi connectivity index (χ4v) is 2.57. The molecule has 0 aromatic heterocycles. The topological polar surface area (TPSA) is 20.2 Å². The summed E-state index contributed by atoms with van der Waals surface area (Å²) >= 11 is 0. The zero-order valence-electron chi connectivity index (χ0n) is 7.09. The lowest BCUT2D eigenvalue weighted by atomic mass is 9.72. The maximum Gasteiger partial charge on any atom is 0.0599 e. The van der Waals surface area contributed by atoms with Crippen molar-refractivity contribution in [1.29, 1.82) is 0 Å². The van der Waals surface area contributed by atoms with Crippen LogP contribution < -0.4 is 0 Å². The van der Waals surface area contributed by atoms with Gasteiger partial charge in [0.2, 0.25) is 0 Å². The van der Waals surface area contributed by atoms with Crippen molar-refractivity contribution >= 4 is 0 Å². The van der Waals surface area contributed by atoms with E-state index in [1.165, 1.54) is 12.8 Å². The van der Waals surface area contributed by atoms with E-state index in [1.807, 2.05) is 0 Å². The van der Waals surface area contributed by atoms with E-state index in [-0.39, 0.29) is 11.5 Å². The van der Waals surface area contributed by atoms with Crippen LogP contribution in [0.15, 0.2) is 12.2 Å². The normalized spacial score (nSPS) is 49.3. The second kappa shape index (κ2) is 2.34. The summed E-state index contributed by atoms with van der Waals surface area (Å²) in [5, 5.41) is 9.75. The summed E-state index contributed by atoms with van der Waals surface area (Å²) < 4.78 is 0. The first kappa shape index (κ1) is 7.35. The molecule has 0 aliphatic heterocycles.